The minimum Gasteiger partial charge on any atom is -0.461 e. The maximum Gasteiger partial charge on any atom is 0.345 e. The van der Waals surface area contributed by atoms with Crippen molar-refractivity contribution in [3.63, 3.8) is 0 Å². The molecule has 1 aromatic rings. The quantitative estimate of drug-likeness (QED) is 0.671. The molecular formula is C14H18Cl2O3. The summed E-state index contributed by atoms with van der Waals surface area (Å²) in [7, 11) is 0. The molecule has 0 saturated carbocycles. The van der Waals surface area contributed by atoms with Crippen LogP contribution in [0.1, 0.15) is 32.3 Å². The van der Waals surface area contributed by atoms with E-state index in [-0.39, 0.29) is 6.10 Å². The third kappa shape index (κ3) is 4.10. The largest absolute Gasteiger partial charge is 0.461 e. The molecule has 0 amide bonds. The van der Waals surface area contributed by atoms with Crippen molar-refractivity contribution in [2.75, 3.05) is 0 Å². The highest BCUT2D eigenvalue weighted by molar-refractivity contribution is 6.58. The zero-order valence-electron chi connectivity index (χ0n) is 11.1. The van der Waals surface area contributed by atoms with Gasteiger partial charge in [-0.25, -0.2) is 4.79 Å². The second kappa shape index (κ2) is 6.60. The molecule has 106 valence electrons. The van der Waals surface area contributed by atoms with Crippen LogP contribution in [0.5, 0.6) is 0 Å². The van der Waals surface area contributed by atoms with E-state index in [0.29, 0.717) is 0 Å². The minimum absolute atomic E-state index is 0.344. The molecule has 0 saturated heterocycles. The van der Waals surface area contributed by atoms with Crippen molar-refractivity contribution in [3.05, 3.63) is 35.9 Å². The summed E-state index contributed by atoms with van der Waals surface area (Å²) >= 11 is 11.9. The van der Waals surface area contributed by atoms with Crippen LogP contribution in [0.25, 0.3) is 0 Å². The highest BCUT2D eigenvalue weighted by Gasteiger charge is 2.46. The van der Waals surface area contributed by atoms with Crippen LogP contribution in [0, 0.1) is 0 Å². The first kappa shape index (κ1) is 16.3. The summed E-state index contributed by atoms with van der Waals surface area (Å²) in [6.45, 7) is 5.13. The molecule has 1 rings (SSSR count). The average molecular weight is 305 g/mol. The van der Waals surface area contributed by atoms with Crippen LogP contribution in [0.15, 0.2) is 30.3 Å². The Balaban J connectivity index is 2.86. The Hall–Kier alpha value is -0.770. The molecule has 0 radical (unpaired) electrons. The van der Waals surface area contributed by atoms with Crippen molar-refractivity contribution in [2.45, 2.75) is 43.2 Å². The van der Waals surface area contributed by atoms with Crippen molar-refractivity contribution < 1.29 is 14.6 Å². The first-order valence-electron chi connectivity index (χ1n) is 6.08. The second-order valence-corrected chi connectivity index (χ2v) is 6.11. The van der Waals surface area contributed by atoms with Crippen molar-refractivity contribution in [1.82, 2.24) is 0 Å². The van der Waals surface area contributed by atoms with Gasteiger partial charge in [-0.1, -0.05) is 60.5 Å². The van der Waals surface area contributed by atoms with Crippen LogP contribution >= 0.6 is 23.2 Å². The zero-order chi connectivity index (χ0) is 14.6. The van der Waals surface area contributed by atoms with Gasteiger partial charge in [0, 0.05) is 5.92 Å². The lowest BCUT2D eigenvalue weighted by Crippen LogP contribution is -2.44. The van der Waals surface area contributed by atoms with Crippen LogP contribution in [0.4, 0.5) is 0 Å². The molecule has 0 bridgehead atoms. The Morgan fingerprint density at radius 1 is 1.21 bits per heavy atom. The fourth-order valence-electron chi connectivity index (χ4n) is 1.67. The number of carbonyl (C=O) groups excluding carboxylic acids is 1. The fourth-order valence-corrected chi connectivity index (χ4v) is 2.13. The maximum atomic E-state index is 11.8. The Morgan fingerprint density at radius 2 is 1.74 bits per heavy atom. The molecule has 0 heterocycles. The van der Waals surface area contributed by atoms with E-state index in [1.165, 1.54) is 0 Å². The molecule has 1 aromatic carbocycles. The van der Waals surface area contributed by atoms with Crippen molar-refractivity contribution in [2.24, 2.45) is 0 Å². The van der Waals surface area contributed by atoms with E-state index in [1.807, 2.05) is 30.3 Å². The van der Waals surface area contributed by atoms with Crippen molar-refractivity contribution in [3.8, 4) is 0 Å². The van der Waals surface area contributed by atoms with E-state index in [4.69, 9.17) is 27.9 Å². The van der Waals surface area contributed by atoms with Gasteiger partial charge in [0.2, 0.25) is 4.33 Å². The predicted molar refractivity (Wildman–Crippen MR) is 76.5 cm³/mol. The lowest BCUT2D eigenvalue weighted by atomic mass is 9.93. The van der Waals surface area contributed by atoms with Crippen molar-refractivity contribution in [1.29, 1.82) is 0 Å². The smallest absolute Gasteiger partial charge is 0.345 e. The summed E-state index contributed by atoms with van der Waals surface area (Å²) in [5.41, 5.74) is 0.845. The number of alkyl halides is 2. The van der Waals surface area contributed by atoms with Gasteiger partial charge in [0.15, 0.2) is 0 Å². The SMILES string of the molecule is CC(C)OC(=O)C(Cl)(Cl)C(O)C(C)c1ccccc1. The monoisotopic (exact) mass is 304 g/mol. The summed E-state index contributed by atoms with van der Waals surface area (Å²) in [6, 6.07) is 9.23. The standard InChI is InChI=1S/C14H18Cl2O3/c1-9(2)19-13(18)14(15,16)12(17)10(3)11-7-5-4-6-8-11/h4-10,12,17H,1-3H3. The number of ether oxygens (including phenoxy) is 1. The maximum absolute atomic E-state index is 11.8. The van der Waals surface area contributed by atoms with E-state index in [9.17, 15) is 9.90 Å². The minimum atomic E-state index is -1.99. The molecule has 1 N–H and O–H groups in total. The summed E-state index contributed by atoms with van der Waals surface area (Å²) in [5, 5.41) is 10.2. The Kier molecular flexibility index (Phi) is 5.65. The Labute approximate surface area is 123 Å². The van der Waals surface area contributed by atoms with E-state index in [0.717, 1.165) is 5.56 Å². The molecule has 2 unspecified atom stereocenters. The number of aliphatic hydroxyl groups is 1. The molecule has 0 fully saturated rings. The summed E-state index contributed by atoms with van der Waals surface area (Å²) < 4.78 is 2.97. The van der Waals surface area contributed by atoms with Crippen LogP contribution in [-0.4, -0.2) is 27.6 Å². The molecule has 2 atom stereocenters. The predicted octanol–water partition coefficient (Wildman–Crippen LogP) is 3.28. The highest BCUT2D eigenvalue weighted by atomic mass is 35.5. The first-order valence-corrected chi connectivity index (χ1v) is 6.84. The average Bonchev–Trinajstić information content (AvgIpc) is 2.37. The lowest BCUT2D eigenvalue weighted by molar-refractivity contribution is -0.151. The van der Waals surface area contributed by atoms with Gasteiger partial charge in [-0.05, 0) is 19.4 Å². The number of benzene rings is 1. The van der Waals surface area contributed by atoms with E-state index in [1.54, 1.807) is 20.8 Å². The summed E-state index contributed by atoms with van der Waals surface area (Å²) in [5.74, 6) is -1.22. The topological polar surface area (TPSA) is 46.5 Å². The molecule has 3 nitrogen and oxygen atoms in total. The lowest BCUT2D eigenvalue weighted by Gasteiger charge is -2.29. The van der Waals surface area contributed by atoms with Gasteiger partial charge in [0.1, 0.15) is 6.10 Å². The molecular weight excluding hydrogens is 287 g/mol. The van der Waals surface area contributed by atoms with Gasteiger partial charge in [-0.2, -0.15) is 0 Å². The summed E-state index contributed by atoms with van der Waals surface area (Å²) in [4.78, 5) is 11.8. The van der Waals surface area contributed by atoms with Crippen molar-refractivity contribution >= 4 is 29.2 Å². The Morgan fingerprint density at radius 3 is 2.21 bits per heavy atom. The van der Waals surface area contributed by atoms with E-state index < -0.39 is 22.3 Å². The fraction of sp³-hybridized carbons (Fsp3) is 0.500. The van der Waals surface area contributed by atoms with E-state index in [2.05, 4.69) is 0 Å². The molecule has 0 aliphatic carbocycles. The number of esters is 1. The zero-order valence-corrected chi connectivity index (χ0v) is 12.7. The van der Waals surface area contributed by atoms with Gasteiger partial charge >= 0.3 is 5.97 Å². The molecule has 19 heavy (non-hydrogen) atoms. The first-order chi connectivity index (χ1) is 8.76. The van der Waals surface area contributed by atoms with Crippen LogP contribution in [0.2, 0.25) is 0 Å². The highest BCUT2D eigenvalue weighted by Crippen LogP contribution is 2.35. The number of hydrogen-bond donors (Lipinski definition) is 1. The number of hydrogen-bond acceptors (Lipinski definition) is 3. The number of rotatable bonds is 5. The van der Waals surface area contributed by atoms with Gasteiger partial charge in [0.25, 0.3) is 0 Å². The third-order valence-electron chi connectivity index (χ3n) is 2.79. The van der Waals surface area contributed by atoms with Gasteiger partial charge in [-0.3, -0.25) is 0 Å². The van der Waals surface area contributed by atoms with Crippen LogP contribution < -0.4 is 0 Å². The molecule has 5 heteroatoms. The summed E-state index contributed by atoms with van der Waals surface area (Å²) in [6.07, 6.45) is -1.60. The number of carbonyl (C=O) groups is 1. The van der Waals surface area contributed by atoms with Crippen LogP contribution in [0.3, 0.4) is 0 Å². The number of halogens is 2. The van der Waals surface area contributed by atoms with E-state index >= 15 is 0 Å². The molecule has 0 aromatic heterocycles. The third-order valence-corrected chi connectivity index (χ3v) is 3.54. The molecule has 0 aliphatic heterocycles. The normalized spacial score (nSPS) is 15.1. The second-order valence-electron chi connectivity index (χ2n) is 4.72. The van der Waals surface area contributed by atoms with Crippen LogP contribution in [-0.2, 0) is 9.53 Å². The molecule has 0 aliphatic rings. The Bertz CT molecular complexity index is 418. The van der Waals surface area contributed by atoms with Gasteiger partial charge < -0.3 is 9.84 Å². The molecule has 0 spiro atoms. The van der Waals surface area contributed by atoms with Gasteiger partial charge in [-0.15, -0.1) is 0 Å². The number of aliphatic hydroxyl groups excluding tert-OH is 1. The van der Waals surface area contributed by atoms with Gasteiger partial charge in [0.05, 0.1) is 6.10 Å².